The summed E-state index contributed by atoms with van der Waals surface area (Å²) >= 11 is 0. The number of hydrogen-bond acceptors (Lipinski definition) is 6. The molecule has 0 aliphatic carbocycles. The van der Waals surface area contributed by atoms with Crippen molar-refractivity contribution in [3.63, 3.8) is 0 Å². The molecule has 0 amide bonds. The second-order valence-electron chi connectivity index (χ2n) is 3.53. The first-order valence-electron chi connectivity index (χ1n) is 5.03. The van der Waals surface area contributed by atoms with Crippen LogP contribution in [0.15, 0.2) is 10.7 Å². The van der Waals surface area contributed by atoms with Crippen LogP contribution in [0.25, 0.3) is 0 Å². The maximum absolute atomic E-state index is 10.4. The highest BCUT2D eigenvalue weighted by Gasteiger charge is 2.07. The predicted molar refractivity (Wildman–Crippen MR) is 54.1 cm³/mol. The van der Waals surface area contributed by atoms with Crippen LogP contribution < -0.4 is 0 Å². The molecule has 8 nitrogen and oxygen atoms in total. The average molecular weight is 237 g/mol. The summed E-state index contributed by atoms with van der Waals surface area (Å²) in [6, 6.07) is 0. The van der Waals surface area contributed by atoms with E-state index in [0.29, 0.717) is 30.4 Å². The quantitative estimate of drug-likeness (QED) is 0.781. The fraction of sp³-hybridized carbons (Fsp3) is 0.444. The Kier molecular flexibility index (Phi) is 3.12. The topological polar surface area (TPSA) is 107 Å². The molecule has 0 bridgehead atoms. The fourth-order valence-corrected chi connectivity index (χ4v) is 1.32. The number of carboxylic acids is 1. The standard InChI is InChI=1S/C9H11N5O3/c1-6-10-8(12-17-6)5-14-4-7(11-13-14)2-3-9(15)16/h4H,2-3,5H2,1H3,(H,15,16). The number of nitrogens with zero attached hydrogens (tertiary/aromatic N) is 5. The molecule has 17 heavy (non-hydrogen) atoms. The zero-order chi connectivity index (χ0) is 12.3. The maximum Gasteiger partial charge on any atom is 0.303 e. The Morgan fingerprint density at radius 1 is 1.59 bits per heavy atom. The highest BCUT2D eigenvalue weighted by molar-refractivity contribution is 5.66. The van der Waals surface area contributed by atoms with E-state index in [1.54, 1.807) is 17.8 Å². The van der Waals surface area contributed by atoms with Gasteiger partial charge in [-0.05, 0) is 0 Å². The lowest BCUT2D eigenvalue weighted by atomic mass is 10.2. The second-order valence-corrected chi connectivity index (χ2v) is 3.53. The van der Waals surface area contributed by atoms with Crippen LogP contribution in [0.4, 0.5) is 0 Å². The van der Waals surface area contributed by atoms with Gasteiger partial charge in [0.15, 0.2) is 5.82 Å². The lowest BCUT2D eigenvalue weighted by Gasteiger charge is -1.92. The van der Waals surface area contributed by atoms with Crippen molar-refractivity contribution in [2.24, 2.45) is 0 Å². The zero-order valence-corrected chi connectivity index (χ0v) is 9.20. The van der Waals surface area contributed by atoms with Gasteiger partial charge in [0.25, 0.3) is 0 Å². The third-order valence-electron chi connectivity index (χ3n) is 2.05. The lowest BCUT2D eigenvalue weighted by Crippen LogP contribution is -2.02. The third-order valence-corrected chi connectivity index (χ3v) is 2.05. The van der Waals surface area contributed by atoms with Crippen molar-refractivity contribution in [2.75, 3.05) is 0 Å². The minimum Gasteiger partial charge on any atom is -0.481 e. The summed E-state index contributed by atoms with van der Waals surface area (Å²) in [7, 11) is 0. The van der Waals surface area contributed by atoms with Gasteiger partial charge in [-0.25, -0.2) is 4.68 Å². The molecule has 0 radical (unpaired) electrons. The van der Waals surface area contributed by atoms with Crippen molar-refractivity contribution in [3.8, 4) is 0 Å². The average Bonchev–Trinajstić information content (AvgIpc) is 2.86. The SMILES string of the molecule is Cc1nc(Cn2cc(CCC(=O)O)nn2)no1. The predicted octanol–water partition coefficient (Wildman–Crippen LogP) is 0.0350. The summed E-state index contributed by atoms with van der Waals surface area (Å²) in [4.78, 5) is 14.4. The van der Waals surface area contributed by atoms with Gasteiger partial charge < -0.3 is 9.63 Å². The van der Waals surface area contributed by atoms with Crippen LogP contribution >= 0.6 is 0 Å². The van der Waals surface area contributed by atoms with Crippen LogP contribution in [0.3, 0.4) is 0 Å². The van der Waals surface area contributed by atoms with Gasteiger partial charge in [0.05, 0.1) is 12.1 Å². The summed E-state index contributed by atoms with van der Waals surface area (Å²) in [5.41, 5.74) is 0.632. The largest absolute Gasteiger partial charge is 0.481 e. The van der Waals surface area contributed by atoms with E-state index in [-0.39, 0.29) is 6.42 Å². The fourth-order valence-electron chi connectivity index (χ4n) is 1.32. The molecule has 0 atom stereocenters. The van der Waals surface area contributed by atoms with E-state index in [9.17, 15) is 4.79 Å². The van der Waals surface area contributed by atoms with E-state index < -0.39 is 5.97 Å². The zero-order valence-electron chi connectivity index (χ0n) is 9.20. The first-order chi connectivity index (χ1) is 8.13. The van der Waals surface area contributed by atoms with Gasteiger partial charge in [-0.1, -0.05) is 10.4 Å². The molecule has 0 saturated carbocycles. The second kappa shape index (κ2) is 4.73. The molecular formula is C9H11N5O3. The Hall–Kier alpha value is -2.25. The number of hydrogen-bond donors (Lipinski definition) is 1. The maximum atomic E-state index is 10.4. The van der Waals surface area contributed by atoms with Crippen molar-refractivity contribution >= 4 is 5.97 Å². The molecule has 2 rings (SSSR count). The Labute approximate surface area is 96.2 Å². The van der Waals surface area contributed by atoms with Crippen molar-refractivity contribution < 1.29 is 14.4 Å². The lowest BCUT2D eigenvalue weighted by molar-refractivity contribution is -0.136. The van der Waals surface area contributed by atoms with Crippen molar-refractivity contribution in [1.82, 2.24) is 25.1 Å². The summed E-state index contributed by atoms with van der Waals surface area (Å²) < 4.78 is 6.37. The van der Waals surface area contributed by atoms with Crippen molar-refractivity contribution in [2.45, 2.75) is 26.3 Å². The molecule has 0 fully saturated rings. The van der Waals surface area contributed by atoms with E-state index in [2.05, 4.69) is 20.5 Å². The molecule has 90 valence electrons. The Morgan fingerprint density at radius 2 is 2.41 bits per heavy atom. The van der Waals surface area contributed by atoms with Gasteiger partial charge in [-0.2, -0.15) is 4.98 Å². The van der Waals surface area contributed by atoms with Crippen LogP contribution in [-0.4, -0.2) is 36.2 Å². The van der Waals surface area contributed by atoms with Gasteiger partial charge in [-0.3, -0.25) is 4.79 Å². The Bertz CT molecular complexity index is 518. The molecule has 0 aliphatic rings. The molecule has 0 spiro atoms. The number of carbonyl (C=O) groups is 1. The van der Waals surface area contributed by atoms with E-state index in [1.807, 2.05) is 0 Å². The number of carboxylic acid groups (broad SMARTS) is 1. The van der Waals surface area contributed by atoms with Crippen LogP contribution in [0.2, 0.25) is 0 Å². The van der Waals surface area contributed by atoms with E-state index in [1.165, 1.54) is 0 Å². The van der Waals surface area contributed by atoms with Crippen LogP contribution in [0.5, 0.6) is 0 Å². The molecular weight excluding hydrogens is 226 g/mol. The smallest absolute Gasteiger partial charge is 0.303 e. The van der Waals surface area contributed by atoms with Gasteiger partial charge in [-0.15, -0.1) is 5.10 Å². The van der Waals surface area contributed by atoms with Gasteiger partial charge >= 0.3 is 5.97 Å². The van der Waals surface area contributed by atoms with Gasteiger partial charge in [0.1, 0.15) is 6.54 Å². The van der Waals surface area contributed by atoms with Gasteiger partial charge in [0.2, 0.25) is 5.89 Å². The molecule has 2 aromatic heterocycles. The van der Waals surface area contributed by atoms with E-state index >= 15 is 0 Å². The van der Waals surface area contributed by atoms with E-state index in [4.69, 9.17) is 9.63 Å². The molecule has 8 heteroatoms. The minimum atomic E-state index is -0.853. The summed E-state index contributed by atoms with van der Waals surface area (Å²) in [5, 5.41) is 20.0. The summed E-state index contributed by atoms with van der Waals surface area (Å²) in [5.74, 6) is 0.150. The molecule has 2 aromatic rings. The molecule has 2 heterocycles. The van der Waals surface area contributed by atoms with Crippen molar-refractivity contribution in [1.29, 1.82) is 0 Å². The number of aryl methyl sites for hydroxylation is 2. The number of rotatable bonds is 5. The molecule has 0 aromatic carbocycles. The highest BCUT2D eigenvalue weighted by atomic mass is 16.5. The third kappa shape index (κ3) is 3.10. The van der Waals surface area contributed by atoms with Crippen LogP contribution in [0.1, 0.15) is 23.8 Å². The van der Waals surface area contributed by atoms with Crippen LogP contribution in [-0.2, 0) is 17.8 Å². The number of aliphatic carboxylic acids is 1. The first-order valence-corrected chi connectivity index (χ1v) is 5.03. The highest BCUT2D eigenvalue weighted by Crippen LogP contribution is 2.01. The summed E-state index contributed by atoms with van der Waals surface area (Å²) in [6.07, 6.45) is 2.08. The molecule has 1 N–H and O–H groups in total. The molecule has 0 unspecified atom stereocenters. The first kappa shape index (κ1) is 11.2. The Morgan fingerprint density at radius 3 is 3.06 bits per heavy atom. The van der Waals surface area contributed by atoms with Crippen LogP contribution in [0, 0.1) is 6.92 Å². The molecule has 0 aliphatic heterocycles. The monoisotopic (exact) mass is 237 g/mol. The number of aromatic nitrogens is 5. The van der Waals surface area contributed by atoms with E-state index in [0.717, 1.165) is 0 Å². The summed E-state index contributed by atoms with van der Waals surface area (Å²) in [6.45, 7) is 2.06. The molecule has 0 saturated heterocycles. The minimum absolute atomic E-state index is 0.0417. The van der Waals surface area contributed by atoms with Crippen molar-refractivity contribution in [3.05, 3.63) is 23.6 Å². The Balaban J connectivity index is 1.96. The van der Waals surface area contributed by atoms with Gasteiger partial charge in [0, 0.05) is 19.5 Å². The normalized spacial score (nSPS) is 10.6.